The predicted molar refractivity (Wildman–Crippen MR) is 160 cm³/mol. The molecule has 43 heavy (non-hydrogen) atoms. The van der Waals surface area contributed by atoms with E-state index < -0.39 is 41.1 Å². The van der Waals surface area contributed by atoms with Crippen molar-refractivity contribution in [3.63, 3.8) is 0 Å². The summed E-state index contributed by atoms with van der Waals surface area (Å²) in [7, 11) is 0. The minimum absolute atomic E-state index is 0.145. The number of ether oxygens (including phenoxy) is 2. The number of halogens is 1. The molecule has 1 saturated heterocycles. The van der Waals surface area contributed by atoms with Crippen LogP contribution in [0.4, 0.5) is 9.18 Å². The van der Waals surface area contributed by atoms with Crippen molar-refractivity contribution in [2.75, 3.05) is 6.54 Å². The number of amides is 2. The van der Waals surface area contributed by atoms with Crippen molar-refractivity contribution >= 4 is 29.3 Å². The number of nitrogens with one attached hydrogen (secondary N) is 1. The van der Waals surface area contributed by atoms with Crippen molar-refractivity contribution in [2.24, 2.45) is 17.3 Å². The Balaban J connectivity index is 1.53. The van der Waals surface area contributed by atoms with Gasteiger partial charge in [0.05, 0.1) is 23.6 Å². The molecule has 9 nitrogen and oxygen atoms in total. The highest BCUT2D eigenvalue weighted by molar-refractivity contribution is 5.89. The molecule has 0 unspecified atom stereocenters. The maximum absolute atomic E-state index is 14.2. The molecule has 2 bridgehead atoms. The summed E-state index contributed by atoms with van der Waals surface area (Å²) in [5.74, 6) is -0.511. The smallest absolute Gasteiger partial charge is 0.408 e. The number of carbonyl (C=O) groups is 3. The van der Waals surface area contributed by atoms with Crippen molar-refractivity contribution in [1.82, 2.24) is 20.2 Å². The summed E-state index contributed by atoms with van der Waals surface area (Å²) >= 11 is 0. The van der Waals surface area contributed by atoms with E-state index in [2.05, 4.69) is 10.3 Å². The molecule has 0 spiro atoms. The van der Waals surface area contributed by atoms with Crippen LogP contribution in [0.25, 0.3) is 11.0 Å². The Bertz CT molecular complexity index is 1360. The number of aromatic nitrogens is 2. The second-order valence-electron chi connectivity index (χ2n) is 13.8. The quantitative estimate of drug-likeness (QED) is 0.439. The summed E-state index contributed by atoms with van der Waals surface area (Å²) in [6, 6.07) is 2.68. The lowest BCUT2D eigenvalue weighted by atomic mass is 9.85. The summed E-state index contributed by atoms with van der Waals surface area (Å²) in [6.45, 7) is 9.76. The lowest BCUT2D eigenvalue weighted by Crippen LogP contribution is -2.57. The SMILES string of the molecule is CC[C@@H]1[C@@H]2CN(C(=O)[C@H](C(C)(C)C)NC(=O)O[C@]3(C)CCC[C@H]3CCCCCc3nc4ccc(F)cc4nc3O2)[C@@H]1C=O. The molecule has 1 aliphatic carbocycles. The first kappa shape index (κ1) is 31.1. The number of aryl methyl sites for hydroxylation is 1. The topological polar surface area (TPSA) is 111 Å². The Labute approximate surface area is 253 Å². The van der Waals surface area contributed by atoms with Gasteiger partial charge in [-0.25, -0.2) is 19.2 Å². The first-order valence-corrected chi connectivity index (χ1v) is 15.8. The fraction of sp³-hybridized carbons (Fsp3) is 0.667. The zero-order valence-corrected chi connectivity index (χ0v) is 26.0. The first-order valence-electron chi connectivity index (χ1n) is 15.8. The molecule has 2 aromatic rings. The monoisotopic (exact) mass is 596 g/mol. The predicted octanol–water partition coefficient (Wildman–Crippen LogP) is 5.77. The number of nitrogens with zero attached hydrogens (tertiary/aromatic N) is 3. The zero-order chi connectivity index (χ0) is 30.9. The summed E-state index contributed by atoms with van der Waals surface area (Å²) in [5.41, 5.74) is 0.425. The largest absolute Gasteiger partial charge is 0.471 e. The number of hydrogen-bond acceptors (Lipinski definition) is 7. The van der Waals surface area contributed by atoms with E-state index in [1.165, 1.54) is 17.0 Å². The van der Waals surface area contributed by atoms with Crippen molar-refractivity contribution in [1.29, 1.82) is 0 Å². The lowest BCUT2D eigenvalue weighted by Gasteiger charge is -2.37. The van der Waals surface area contributed by atoms with Crippen molar-refractivity contribution in [3.8, 4) is 5.88 Å². The highest BCUT2D eigenvalue weighted by atomic mass is 19.1. The molecule has 5 rings (SSSR count). The molecule has 6 atom stereocenters. The van der Waals surface area contributed by atoms with E-state index in [-0.39, 0.29) is 24.3 Å². The minimum Gasteiger partial charge on any atom is -0.471 e. The minimum atomic E-state index is -0.917. The average molecular weight is 597 g/mol. The molecule has 3 aliphatic rings. The van der Waals surface area contributed by atoms with E-state index in [1.807, 2.05) is 34.6 Å². The van der Waals surface area contributed by atoms with Crippen LogP contribution in [0, 0.1) is 23.1 Å². The second kappa shape index (κ2) is 12.4. The Morgan fingerprint density at radius 1 is 1.12 bits per heavy atom. The number of alkyl carbamates (subject to hydrolysis) is 1. The second-order valence-corrected chi connectivity index (χ2v) is 13.8. The van der Waals surface area contributed by atoms with Gasteiger partial charge in [0.15, 0.2) is 0 Å². The third-order valence-electron chi connectivity index (χ3n) is 9.73. The third kappa shape index (κ3) is 6.48. The van der Waals surface area contributed by atoms with Crippen molar-refractivity contribution < 1.29 is 28.2 Å². The van der Waals surface area contributed by atoms with Gasteiger partial charge < -0.3 is 24.5 Å². The number of carbonyl (C=O) groups excluding carboxylic acids is 3. The number of rotatable bonds is 2. The molecular weight excluding hydrogens is 551 g/mol. The van der Waals surface area contributed by atoms with Crippen LogP contribution < -0.4 is 10.1 Å². The molecule has 2 aliphatic heterocycles. The van der Waals surface area contributed by atoms with Crippen LogP contribution >= 0.6 is 0 Å². The van der Waals surface area contributed by atoms with Gasteiger partial charge in [0, 0.05) is 12.0 Å². The van der Waals surface area contributed by atoms with Crippen LogP contribution in [0.15, 0.2) is 18.2 Å². The van der Waals surface area contributed by atoms with E-state index in [0.29, 0.717) is 35.4 Å². The van der Waals surface area contributed by atoms with E-state index in [4.69, 9.17) is 14.5 Å². The molecule has 1 aromatic heterocycles. The average Bonchev–Trinajstić information content (AvgIpc) is 3.49. The molecule has 1 aromatic carbocycles. The number of aldehydes is 1. The molecule has 10 heteroatoms. The van der Waals surface area contributed by atoms with Crippen LogP contribution in [0.3, 0.4) is 0 Å². The van der Waals surface area contributed by atoms with Gasteiger partial charge >= 0.3 is 6.09 Å². The molecule has 234 valence electrons. The van der Waals surface area contributed by atoms with Crippen LogP contribution in [0.2, 0.25) is 0 Å². The van der Waals surface area contributed by atoms with Gasteiger partial charge in [0.25, 0.3) is 0 Å². The molecule has 1 saturated carbocycles. The Morgan fingerprint density at radius 3 is 2.60 bits per heavy atom. The van der Waals surface area contributed by atoms with Crippen LogP contribution in [0.1, 0.15) is 91.7 Å². The van der Waals surface area contributed by atoms with Crippen molar-refractivity contribution in [3.05, 3.63) is 29.7 Å². The van der Waals surface area contributed by atoms with E-state index in [9.17, 15) is 18.8 Å². The van der Waals surface area contributed by atoms with Crippen LogP contribution in [-0.2, 0) is 20.7 Å². The molecule has 2 amide bonds. The Kier molecular flexibility index (Phi) is 8.95. The highest BCUT2D eigenvalue weighted by Gasteiger charge is 2.49. The number of fused-ring (bicyclic) bond motifs is 5. The zero-order valence-electron chi connectivity index (χ0n) is 26.0. The molecule has 3 heterocycles. The summed E-state index contributed by atoms with van der Waals surface area (Å²) in [5, 5.41) is 2.88. The Morgan fingerprint density at radius 2 is 1.88 bits per heavy atom. The molecule has 1 N–H and O–H groups in total. The Hall–Kier alpha value is -3.30. The summed E-state index contributed by atoms with van der Waals surface area (Å²) in [6.07, 6.45) is 7.37. The van der Waals surface area contributed by atoms with Gasteiger partial charge in [0.1, 0.15) is 35.5 Å². The molecule has 0 radical (unpaired) electrons. The van der Waals surface area contributed by atoms with Gasteiger partial charge in [-0.05, 0) is 75.3 Å². The highest BCUT2D eigenvalue weighted by Crippen LogP contribution is 2.42. The first-order chi connectivity index (χ1) is 20.4. The van der Waals surface area contributed by atoms with Crippen LogP contribution in [0.5, 0.6) is 5.88 Å². The van der Waals surface area contributed by atoms with Gasteiger partial charge in [-0.1, -0.05) is 40.5 Å². The van der Waals surface area contributed by atoms with E-state index in [1.54, 1.807) is 6.07 Å². The third-order valence-corrected chi connectivity index (χ3v) is 9.73. The normalized spacial score (nSPS) is 30.8. The molecule has 2 fully saturated rings. The molecular formula is C33H45FN4O5. The summed E-state index contributed by atoms with van der Waals surface area (Å²) in [4.78, 5) is 51.0. The van der Waals surface area contributed by atoms with Gasteiger partial charge in [-0.15, -0.1) is 0 Å². The maximum atomic E-state index is 14.2. The lowest BCUT2D eigenvalue weighted by molar-refractivity contribution is -0.139. The van der Waals surface area contributed by atoms with Crippen LogP contribution in [-0.4, -0.2) is 63.5 Å². The van der Waals surface area contributed by atoms with Gasteiger partial charge in [-0.3, -0.25) is 4.79 Å². The van der Waals surface area contributed by atoms with Gasteiger partial charge in [-0.2, -0.15) is 0 Å². The van der Waals surface area contributed by atoms with Gasteiger partial charge in [0.2, 0.25) is 11.8 Å². The fourth-order valence-electron chi connectivity index (χ4n) is 7.22. The maximum Gasteiger partial charge on any atom is 0.408 e. The van der Waals surface area contributed by atoms with E-state index in [0.717, 1.165) is 51.2 Å². The van der Waals surface area contributed by atoms with E-state index >= 15 is 0 Å². The number of hydrogen-bond donors (Lipinski definition) is 1. The fourth-order valence-corrected chi connectivity index (χ4v) is 7.22. The standard InChI is InChI=1S/C33H45FN4O5/c1-6-22-26(19-39)38-18-27(22)42-29-24(35-23-15-14-21(34)17-25(23)36-29)13-9-7-8-11-20-12-10-16-33(20,5)43-31(41)37-28(30(38)40)32(2,3)4/h14-15,17,19-20,22,26-28H,6-13,16,18H2,1-5H3,(H,37,41)/t20-,22+,26-,27+,28-,33-/m1/s1. The summed E-state index contributed by atoms with van der Waals surface area (Å²) < 4.78 is 26.7. The van der Waals surface area contributed by atoms with Crippen molar-refractivity contribution in [2.45, 2.75) is 116 Å². The number of benzene rings is 1.